The van der Waals surface area contributed by atoms with E-state index in [-0.39, 0.29) is 0 Å². The second-order valence-corrected chi connectivity index (χ2v) is 5.36. The number of aryl methyl sites for hydroxylation is 1. The Morgan fingerprint density at radius 3 is 2.55 bits per heavy atom. The van der Waals surface area contributed by atoms with Gasteiger partial charge in [-0.1, -0.05) is 49.4 Å². The van der Waals surface area contributed by atoms with Gasteiger partial charge in [-0.15, -0.1) is 0 Å². The second-order valence-electron chi connectivity index (χ2n) is 5.36. The highest BCUT2D eigenvalue weighted by Gasteiger charge is 2.09. The average molecular weight is 269 g/mol. The van der Waals surface area contributed by atoms with Gasteiger partial charge in [0, 0.05) is 12.3 Å². The minimum atomic E-state index is 0.423. The molecule has 2 aromatic carbocycles. The van der Waals surface area contributed by atoms with Crippen molar-refractivity contribution in [1.29, 1.82) is 0 Å². The molecule has 2 aromatic rings. The maximum absolute atomic E-state index is 6.08. The number of benzene rings is 2. The Bertz CT molecular complexity index is 536. The third kappa shape index (κ3) is 4.10. The summed E-state index contributed by atoms with van der Waals surface area (Å²) < 4.78 is 5.73. The molecule has 0 heterocycles. The summed E-state index contributed by atoms with van der Waals surface area (Å²) in [5, 5.41) is 0. The topological polar surface area (TPSA) is 35.2 Å². The van der Waals surface area contributed by atoms with Crippen LogP contribution in [0.1, 0.15) is 36.0 Å². The van der Waals surface area contributed by atoms with Crippen LogP contribution in [0.4, 0.5) is 5.69 Å². The van der Waals surface area contributed by atoms with Crippen molar-refractivity contribution in [3.05, 3.63) is 65.2 Å². The summed E-state index contributed by atoms with van der Waals surface area (Å²) in [7, 11) is 0. The SMILES string of the molecule is Cc1ccc([C@@H](C)CCOCc2ccccc2)c(N)c1. The lowest BCUT2D eigenvalue weighted by atomic mass is 9.95. The van der Waals surface area contributed by atoms with Crippen LogP contribution in [-0.4, -0.2) is 6.61 Å². The first-order valence-electron chi connectivity index (χ1n) is 7.14. The largest absolute Gasteiger partial charge is 0.398 e. The number of rotatable bonds is 6. The van der Waals surface area contributed by atoms with Gasteiger partial charge in [0.25, 0.3) is 0 Å². The van der Waals surface area contributed by atoms with Crippen LogP contribution >= 0.6 is 0 Å². The van der Waals surface area contributed by atoms with Gasteiger partial charge in [0.2, 0.25) is 0 Å². The molecule has 1 atom stereocenters. The van der Waals surface area contributed by atoms with Gasteiger partial charge in [-0.3, -0.25) is 0 Å². The van der Waals surface area contributed by atoms with E-state index in [0.29, 0.717) is 12.5 Å². The maximum Gasteiger partial charge on any atom is 0.0716 e. The smallest absolute Gasteiger partial charge is 0.0716 e. The molecule has 0 aromatic heterocycles. The lowest BCUT2D eigenvalue weighted by molar-refractivity contribution is 0.115. The van der Waals surface area contributed by atoms with Crippen LogP contribution in [0, 0.1) is 6.92 Å². The van der Waals surface area contributed by atoms with E-state index < -0.39 is 0 Å². The fraction of sp³-hybridized carbons (Fsp3) is 0.333. The molecule has 0 radical (unpaired) electrons. The second kappa shape index (κ2) is 7.11. The summed E-state index contributed by atoms with van der Waals surface area (Å²) in [6, 6.07) is 16.5. The van der Waals surface area contributed by atoms with E-state index >= 15 is 0 Å². The van der Waals surface area contributed by atoms with Crippen molar-refractivity contribution >= 4 is 5.69 Å². The number of anilines is 1. The van der Waals surface area contributed by atoms with Crippen LogP contribution in [0.5, 0.6) is 0 Å². The van der Waals surface area contributed by atoms with E-state index in [2.05, 4.69) is 38.1 Å². The third-order valence-corrected chi connectivity index (χ3v) is 3.58. The molecule has 0 saturated carbocycles. The summed E-state index contributed by atoms with van der Waals surface area (Å²) in [6.07, 6.45) is 0.986. The average Bonchev–Trinajstić information content (AvgIpc) is 2.44. The highest BCUT2D eigenvalue weighted by molar-refractivity contribution is 5.50. The number of hydrogen-bond donors (Lipinski definition) is 1. The molecule has 2 rings (SSSR count). The van der Waals surface area contributed by atoms with Gasteiger partial charge in [0.1, 0.15) is 0 Å². The Morgan fingerprint density at radius 2 is 1.85 bits per heavy atom. The van der Waals surface area contributed by atoms with E-state index in [9.17, 15) is 0 Å². The zero-order chi connectivity index (χ0) is 14.4. The van der Waals surface area contributed by atoms with Crippen molar-refractivity contribution < 1.29 is 4.74 Å². The fourth-order valence-corrected chi connectivity index (χ4v) is 2.32. The van der Waals surface area contributed by atoms with Gasteiger partial charge in [0.15, 0.2) is 0 Å². The molecule has 106 valence electrons. The zero-order valence-electron chi connectivity index (χ0n) is 12.3. The predicted molar refractivity (Wildman–Crippen MR) is 84.7 cm³/mol. The van der Waals surface area contributed by atoms with Gasteiger partial charge in [-0.2, -0.15) is 0 Å². The van der Waals surface area contributed by atoms with Gasteiger partial charge in [-0.25, -0.2) is 0 Å². The van der Waals surface area contributed by atoms with Crippen LogP contribution < -0.4 is 5.73 Å². The lowest BCUT2D eigenvalue weighted by Gasteiger charge is -2.15. The first-order valence-corrected chi connectivity index (χ1v) is 7.14. The van der Waals surface area contributed by atoms with Crippen LogP contribution in [0.3, 0.4) is 0 Å². The minimum absolute atomic E-state index is 0.423. The Labute approximate surface area is 121 Å². The molecule has 0 saturated heterocycles. The highest BCUT2D eigenvalue weighted by Crippen LogP contribution is 2.25. The van der Waals surface area contributed by atoms with Crippen molar-refractivity contribution in [3.8, 4) is 0 Å². The van der Waals surface area contributed by atoms with Crippen molar-refractivity contribution in [2.75, 3.05) is 12.3 Å². The van der Waals surface area contributed by atoms with E-state index in [1.165, 1.54) is 16.7 Å². The Balaban J connectivity index is 1.79. The molecule has 0 aliphatic heterocycles. The summed E-state index contributed by atoms with van der Waals surface area (Å²) in [5.41, 5.74) is 10.6. The summed E-state index contributed by atoms with van der Waals surface area (Å²) in [5.74, 6) is 0.423. The fourth-order valence-electron chi connectivity index (χ4n) is 2.32. The molecule has 0 bridgehead atoms. The number of ether oxygens (including phenoxy) is 1. The predicted octanol–water partition coefficient (Wildman–Crippen LogP) is 4.29. The normalized spacial score (nSPS) is 12.3. The molecular formula is C18H23NO. The number of hydrogen-bond acceptors (Lipinski definition) is 2. The molecule has 20 heavy (non-hydrogen) atoms. The van der Waals surface area contributed by atoms with Gasteiger partial charge >= 0.3 is 0 Å². The molecule has 0 fully saturated rings. The van der Waals surface area contributed by atoms with Crippen LogP contribution in [-0.2, 0) is 11.3 Å². The van der Waals surface area contributed by atoms with Gasteiger partial charge in [0.05, 0.1) is 6.61 Å². The lowest BCUT2D eigenvalue weighted by Crippen LogP contribution is -2.04. The summed E-state index contributed by atoms with van der Waals surface area (Å²) in [4.78, 5) is 0. The summed E-state index contributed by atoms with van der Waals surface area (Å²) >= 11 is 0. The highest BCUT2D eigenvalue weighted by atomic mass is 16.5. The van der Waals surface area contributed by atoms with E-state index in [1.807, 2.05) is 24.3 Å². The van der Waals surface area contributed by atoms with Crippen molar-refractivity contribution in [3.63, 3.8) is 0 Å². The Hall–Kier alpha value is -1.80. The number of nitrogen functional groups attached to an aromatic ring is 1. The van der Waals surface area contributed by atoms with Crippen LogP contribution in [0.2, 0.25) is 0 Å². The van der Waals surface area contributed by atoms with Crippen molar-refractivity contribution in [2.24, 2.45) is 0 Å². The van der Waals surface area contributed by atoms with E-state index in [0.717, 1.165) is 18.7 Å². The molecule has 0 amide bonds. The van der Waals surface area contributed by atoms with E-state index in [1.54, 1.807) is 0 Å². The first kappa shape index (κ1) is 14.6. The molecule has 0 spiro atoms. The van der Waals surface area contributed by atoms with Gasteiger partial charge < -0.3 is 10.5 Å². The number of nitrogens with two attached hydrogens (primary N) is 1. The van der Waals surface area contributed by atoms with Crippen LogP contribution in [0.25, 0.3) is 0 Å². The molecule has 0 unspecified atom stereocenters. The van der Waals surface area contributed by atoms with Gasteiger partial charge in [-0.05, 0) is 42.0 Å². The van der Waals surface area contributed by atoms with Crippen LogP contribution in [0.15, 0.2) is 48.5 Å². The molecule has 0 aliphatic rings. The molecular weight excluding hydrogens is 246 g/mol. The quantitative estimate of drug-likeness (QED) is 0.627. The van der Waals surface area contributed by atoms with Crippen molar-refractivity contribution in [2.45, 2.75) is 32.8 Å². The Kier molecular flexibility index (Phi) is 5.19. The zero-order valence-corrected chi connectivity index (χ0v) is 12.3. The monoisotopic (exact) mass is 269 g/mol. The molecule has 0 aliphatic carbocycles. The minimum Gasteiger partial charge on any atom is -0.398 e. The Morgan fingerprint density at radius 1 is 1.10 bits per heavy atom. The maximum atomic E-state index is 6.08. The summed E-state index contributed by atoms with van der Waals surface area (Å²) in [6.45, 7) is 5.70. The third-order valence-electron chi connectivity index (χ3n) is 3.58. The van der Waals surface area contributed by atoms with Crippen molar-refractivity contribution in [1.82, 2.24) is 0 Å². The molecule has 2 nitrogen and oxygen atoms in total. The van der Waals surface area contributed by atoms with E-state index in [4.69, 9.17) is 10.5 Å². The molecule has 2 N–H and O–H groups in total. The standard InChI is InChI=1S/C18H23NO/c1-14-8-9-17(18(19)12-14)15(2)10-11-20-13-16-6-4-3-5-7-16/h3-9,12,15H,10-11,13,19H2,1-2H3/t15-/m0/s1. The first-order chi connectivity index (χ1) is 9.66. The molecule has 2 heteroatoms.